The molecule has 3 heteroatoms. The summed E-state index contributed by atoms with van der Waals surface area (Å²) in [5.74, 6) is 0. The second-order valence-corrected chi connectivity index (χ2v) is 23.1. The van der Waals surface area contributed by atoms with Gasteiger partial charge in [0.15, 0.2) is 0 Å². The molecular formula is C66H114N2Ni. The molecule has 1 heterocycles. The molecule has 2 aromatic carbocycles. The van der Waals surface area contributed by atoms with Gasteiger partial charge in [-0.15, -0.1) is 0 Å². The Morgan fingerprint density at radius 2 is 0.638 bits per heavy atom. The Kier molecular flexibility index (Phi) is 38.9. The molecule has 2 aromatic rings. The molecule has 0 radical (unpaired) electrons. The van der Waals surface area contributed by atoms with Crippen molar-refractivity contribution in [3.63, 3.8) is 0 Å². The van der Waals surface area contributed by atoms with Crippen molar-refractivity contribution in [1.82, 2.24) is 0 Å². The molecule has 0 unspecified atom stereocenters. The minimum Gasteiger partial charge on any atom is -0.493 e. The average Bonchev–Trinajstić information content (AvgIpc) is 3.67. The summed E-state index contributed by atoms with van der Waals surface area (Å²) >= 11 is 2.04. The summed E-state index contributed by atoms with van der Waals surface area (Å²) in [6.45, 7) is 20.3. The number of unbranched alkanes of at least 4 members (excludes halogenated alkanes) is 31. The fraction of sp³-hybridized carbons (Fsp3) is 0.758. The molecule has 1 aliphatic rings. The minimum absolute atomic E-state index is 0.907. The third-order valence-corrected chi connectivity index (χ3v) is 16.4. The van der Waals surface area contributed by atoms with Crippen LogP contribution in [0, 0.1) is 27.7 Å². The molecule has 0 spiro atoms. The van der Waals surface area contributed by atoms with E-state index in [9.17, 15) is 5.53 Å². The number of hydrogen-bond acceptors (Lipinski definition) is 0. The van der Waals surface area contributed by atoms with Crippen molar-refractivity contribution in [3.05, 3.63) is 86.0 Å². The van der Waals surface area contributed by atoms with Gasteiger partial charge in [-0.25, -0.2) is 4.70 Å². The molecule has 0 N–H and O–H groups in total. The quantitative estimate of drug-likeness (QED) is 0.0359. The predicted octanol–water partition coefficient (Wildman–Crippen LogP) is 23.2. The van der Waals surface area contributed by atoms with Gasteiger partial charge in [0.25, 0.3) is 0 Å². The van der Waals surface area contributed by atoms with E-state index in [0.717, 1.165) is 54.6 Å². The van der Waals surface area contributed by atoms with Crippen LogP contribution >= 0.6 is 0 Å². The van der Waals surface area contributed by atoms with Crippen LogP contribution in [0.3, 0.4) is 0 Å². The van der Waals surface area contributed by atoms with Crippen LogP contribution < -0.4 is 0 Å². The topological polar surface area (TPSA) is 25.3 Å². The monoisotopic (exact) mass is 993 g/mol. The third kappa shape index (κ3) is 28.2. The van der Waals surface area contributed by atoms with E-state index in [4.69, 9.17) is 0 Å². The fourth-order valence-corrected chi connectivity index (χ4v) is 11.8. The van der Waals surface area contributed by atoms with Crippen molar-refractivity contribution in [2.45, 2.75) is 324 Å². The Morgan fingerprint density at radius 1 is 0.348 bits per heavy atom. The van der Waals surface area contributed by atoms with Gasteiger partial charge in [0.05, 0.1) is 0 Å². The average molecular weight is 994 g/mol. The standard InChI is InChI=1S/C34H48N2.2C16H33.Ni/c1-8-11-14-17-31-24(4)19-29(20-25(31)5)33-23-28(16-13-10-3)34(36(33)35)30-21-26(6)32(27(7)22-30)18-15-12-9-2;2*1-3-5-7-9-11-13-15-16-14-12-10-8-6-4-2;/h19-23H,8-18H2,1-7H3;2*1,3-16H2,2H3;. The SMILES string of the molecule is CCCCCCCCCCCCCCC[CH2][Ni][CH2]CCCCCCCCCCCCCCC.CCCCCc1c(C)cc(C2=CC(CCCC)=C(c3cc(C)c(CCCCC)c(C)c3)[N+]2=[N-])cc1C. The van der Waals surface area contributed by atoms with Crippen molar-refractivity contribution < 1.29 is 19.1 Å². The van der Waals surface area contributed by atoms with Crippen LogP contribution in [0.2, 0.25) is 10.8 Å². The van der Waals surface area contributed by atoms with Crippen LogP contribution in [0.5, 0.6) is 0 Å². The Morgan fingerprint density at radius 3 is 0.971 bits per heavy atom. The summed E-state index contributed by atoms with van der Waals surface area (Å²) in [4.78, 5) is 0. The first kappa shape index (κ1) is 63.1. The van der Waals surface area contributed by atoms with Crippen molar-refractivity contribution in [3.8, 4) is 0 Å². The summed E-state index contributed by atoms with van der Waals surface area (Å²) in [7, 11) is 0. The van der Waals surface area contributed by atoms with Gasteiger partial charge in [0.2, 0.25) is 11.4 Å². The molecule has 0 aliphatic carbocycles. The number of hydrogen-bond donors (Lipinski definition) is 0. The molecule has 0 aromatic heterocycles. The van der Waals surface area contributed by atoms with Gasteiger partial charge in [0.1, 0.15) is 0 Å². The summed E-state index contributed by atoms with van der Waals surface area (Å²) in [6.07, 6.45) is 56.5. The van der Waals surface area contributed by atoms with E-state index < -0.39 is 0 Å². The Bertz CT molecular complexity index is 1590. The normalized spacial score (nSPS) is 12.7. The van der Waals surface area contributed by atoms with Gasteiger partial charge in [-0.05, 0) is 124 Å². The second-order valence-electron chi connectivity index (χ2n) is 21.6. The molecule has 69 heavy (non-hydrogen) atoms. The number of nitrogens with zero attached hydrogens (tertiary/aromatic N) is 2. The van der Waals surface area contributed by atoms with Gasteiger partial charge < -0.3 is 5.53 Å². The molecule has 0 saturated carbocycles. The van der Waals surface area contributed by atoms with Crippen molar-refractivity contribution in [1.29, 1.82) is 0 Å². The van der Waals surface area contributed by atoms with Crippen molar-refractivity contribution in [2.75, 3.05) is 0 Å². The Hall–Kier alpha value is -1.99. The Labute approximate surface area is 437 Å². The van der Waals surface area contributed by atoms with E-state index in [-0.39, 0.29) is 0 Å². The molecule has 1 aliphatic heterocycles. The first-order valence-corrected chi connectivity index (χ1v) is 31.7. The predicted molar refractivity (Wildman–Crippen MR) is 307 cm³/mol. The molecule has 0 amide bonds. The van der Waals surface area contributed by atoms with Crippen LogP contribution in [-0.2, 0) is 27.3 Å². The fourth-order valence-electron chi connectivity index (χ4n) is 10.6. The van der Waals surface area contributed by atoms with E-state index in [2.05, 4.69) is 92.7 Å². The first-order chi connectivity index (χ1) is 33.7. The van der Waals surface area contributed by atoms with E-state index in [0.29, 0.717) is 0 Å². The number of aryl methyl sites for hydroxylation is 4. The van der Waals surface area contributed by atoms with Crippen molar-refractivity contribution >= 4 is 11.4 Å². The zero-order valence-electron chi connectivity index (χ0n) is 47.6. The van der Waals surface area contributed by atoms with Crippen LogP contribution in [0.1, 0.15) is 317 Å². The summed E-state index contributed by atoms with van der Waals surface area (Å²) in [6, 6.07) is 9.14. The van der Waals surface area contributed by atoms with Crippen LogP contribution in [-0.4, -0.2) is 4.70 Å². The van der Waals surface area contributed by atoms with Crippen LogP contribution in [0.4, 0.5) is 0 Å². The zero-order chi connectivity index (χ0) is 50.2. The van der Waals surface area contributed by atoms with Crippen molar-refractivity contribution in [2.24, 2.45) is 0 Å². The molecule has 0 atom stereocenters. The molecule has 0 fully saturated rings. The van der Waals surface area contributed by atoms with Gasteiger partial charge in [0, 0.05) is 22.8 Å². The van der Waals surface area contributed by atoms with E-state index >= 15 is 0 Å². The maximum atomic E-state index is 11.6. The van der Waals surface area contributed by atoms with Gasteiger partial charge in [-0.2, -0.15) is 0 Å². The Balaban J connectivity index is 0.000000476. The molecular weight excluding hydrogens is 879 g/mol. The molecule has 0 bridgehead atoms. The van der Waals surface area contributed by atoms with Gasteiger partial charge >= 0.3 is 166 Å². The minimum atomic E-state index is 0.907. The zero-order valence-corrected chi connectivity index (χ0v) is 48.6. The summed E-state index contributed by atoms with van der Waals surface area (Å²) < 4.78 is 1.47. The number of allylic oxidation sites excluding steroid dienone is 2. The van der Waals surface area contributed by atoms with Gasteiger partial charge in [-0.1, -0.05) is 105 Å². The van der Waals surface area contributed by atoms with Crippen LogP contribution in [0.15, 0.2) is 35.9 Å². The molecule has 2 nitrogen and oxygen atoms in total. The van der Waals surface area contributed by atoms with Gasteiger partial charge in [-0.3, -0.25) is 0 Å². The summed E-state index contributed by atoms with van der Waals surface area (Å²) in [5, 5.41) is 2.87. The third-order valence-electron chi connectivity index (χ3n) is 15.0. The second kappa shape index (κ2) is 42.5. The number of benzene rings is 2. The van der Waals surface area contributed by atoms with Crippen LogP contribution in [0.25, 0.3) is 16.9 Å². The molecule has 398 valence electrons. The van der Waals surface area contributed by atoms with E-state index in [1.165, 1.54) is 273 Å². The van der Waals surface area contributed by atoms with E-state index in [1.54, 1.807) is 0 Å². The van der Waals surface area contributed by atoms with E-state index in [1.807, 2.05) is 14.4 Å². The smallest absolute Gasteiger partial charge is 0.493 e. The molecule has 3 rings (SSSR count). The first-order valence-electron chi connectivity index (χ1n) is 30.3. The summed E-state index contributed by atoms with van der Waals surface area (Å²) in [5.41, 5.74) is 25.2. The number of rotatable bonds is 43. The maximum absolute atomic E-state index is 11.6. The molecule has 0 saturated heterocycles.